The minimum Gasteiger partial charge on any atom is -0.451 e. The Kier molecular flexibility index (Phi) is 6.35. The number of thiophene rings is 1. The number of rotatable bonds is 6. The van der Waals surface area contributed by atoms with Crippen LogP contribution < -0.4 is 5.32 Å². The van der Waals surface area contributed by atoms with Gasteiger partial charge in [0.05, 0.1) is 11.6 Å². The number of nitrogens with zero attached hydrogens (tertiary/aromatic N) is 2. The third-order valence-corrected chi connectivity index (χ3v) is 5.87. The quantitative estimate of drug-likeness (QED) is 0.203. The van der Waals surface area contributed by atoms with E-state index in [2.05, 4.69) is 24.1 Å². The molecule has 3 rings (SSSR count). The molecule has 0 bridgehead atoms. The van der Waals surface area contributed by atoms with Crippen LogP contribution in [0.2, 0.25) is 0 Å². The zero-order valence-electron chi connectivity index (χ0n) is 15.2. The Balaban J connectivity index is 1.91. The Labute approximate surface area is 178 Å². The van der Waals surface area contributed by atoms with Gasteiger partial charge in [0.15, 0.2) is 5.76 Å². The molecule has 28 heavy (non-hydrogen) atoms. The molecule has 2 aromatic heterocycles. The van der Waals surface area contributed by atoms with Gasteiger partial charge in [0.2, 0.25) is 0 Å². The van der Waals surface area contributed by atoms with Crippen LogP contribution in [0.15, 0.2) is 16.5 Å². The van der Waals surface area contributed by atoms with E-state index in [4.69, 9.17) is 9.15 Å². The number of hydrogen-bond donors (Lipinski definition) is 1. The van der Waals surface area contributed by atoms with E-state index in [0.29, 0.717) is 29.6 Å². The van der Waals surface area contributed by atoms with E-state index < -0.39 is 22.7 Å². The van der Waals surface area contributed by atoms with Gasteiger partial charge in [-0.25, -0.2) is 4.79 Å². The van der Waals surface area contributed by atoms with E-state index in [1.807, 2.05) is 22.6 Å². The maximum atomic E-state index is 12.5. The van der Waals surface area contributed by atoms with Crippen LogP contribution in [0.4, 0.5) is 10.9 Å². The number of carbonyl (C=O) groups excluding carboxylic acids is 2. The van der Waals surface area contributed by atoms with Crippen LogP contribution in [0.3, 0.4) is 0 Å². The fourth-order valence-electron chi connectivity index (χ4n) is 3.00. The van der Waals surface area contributed by atoms with Gasteiger partial charge >= 0.3 is 11.9 Å². The predicted molar refractivity (Wildman–Crippen MR) is 111 cm³/mol. The molecular formula is C17H18IN3O6S. The fourth-order valence-corrected chi connectivity index (χ4v) is 4.54. The van der Waals surface area contributed by atoms with Gasteiger partial charge in [-0.1, -0.05) is 0 Å². The topological polar surface area (TPSA) is 115 Å². The number of anilines is 1. The molecule has 0 spiro atoms. The van der Waals surface area contributed by atoms with Gasteiger partial charge in [-0.05, 0) is 54.5 Å². The molecule has 0 unspecified atom stereocenters. The number of amides is 1. The first-order valence-corrected chi connectivity index (χ1v) is 10.8. The average Bonchev–Trinajstić information content (AvgIpc) is 3.26. The molecule has 9 nitrogen and oxygen atoms in total. The first-order valence-electron chi connectivity index (χ1n) is 8.49. The van der Waals surface area contributed by atoms with Crippen LogP contribution >= 0.6 is 33.9 Å². The van der Waals surface area contributed by atoms with Crippen molar-refractivity contribution in [3.63, 3.8) is 0 Å². The summed E-state index contributed by atoms with van der Waals surface area (Å²) >= 11 is 3.26. The maximum absolute atomic E-state index is 12.5. The van der Waals surface area contributed by atoms with Crippen LogP contribution in [-0.2, 0) is 17.7 Å². The SMILES string of the molecule is CC(C)N1CCc2c(sc(NC(=O)c3ccc([N+](=O)[O-])o3)c2C(=O)OCI)C1. The highest BCUT2D eigenvalue weighted by atomic mass is 127. The summed E-state index contributed by atoms with van der Waals surface area (Å²) in [6, 6.07) is 2.70. The Morgan fingerprint density at radius 3 is 2.82 bits per heavy atom. The number of halogens is 1. The summed E-state index contributed by atoms with van der Waals surface area (Å²) in [4.78, 5) is 38.3. The van der Waals surface area contributed by atoms with Crippen molar-refractivity contribution >= 4 is 56.7 Å². The van der Waals surface area contributed by atoms with E-state index >= 15 is 0 Å². The number of nitro groups is 1. The molecule has 11 heteroatoms. The van der Waals surface area contributed by atoms with Crippen molar-refractivity contribution in [2.45, 2.75) is 32.9 Å². The van der Waals surface area contributed by atoms with Gasteiger partial charge in [-0.2, -0.15) is 0 Å². The van der Waals surface area contributed by atoms with E-state index in [9.17, 15) is 19.7 Å². The van der Waals surface area contributed by atoms with E-state index in [1.165, 1.54) is 17.4 Å². The van der Waals surface area contributed by atoms with Crippen molar-refractivity contribution in [3.8, 4) is 0 Å². The van der Waals surface area contributed by atoms with Gasteiger partial charge < -0.3 is 14.5 Å². The highest BCUT2D eigenvalue weighted by Gasteiger charge is 2.31. The Hall–Kier alpha value is -1.99. The molecule has 0 aromatic carbocycles. The van der Waals surface area contributed by atoms with Crippen molar-refractivity contribution in [2.75, 3.05) is 16.5 Å². The summed E-state index contributed by atoms with van der Waals surface area (Å²) in [7, 11) is 0. The number of furan rings is 1. The lowest BCUT2D eigenvalue weighted by Crippen LogP contribution is -2.35. The van der Waals surface area contributed by atoms with Crippen LogP contribution in [-0.4, -0.2) is 38.9 Å². The molecule has 3 heterocycles. The van der Waals surface area contributed by atoms with Gasteiger partial charge in [-0.3, -0.25) is 19.8 Å². The molecular weight excluding hydrogens is 501 g/mol. The van der Waals surface area contributed by atoms with Gasteiger partial charge in [0, 0.05) is 24.0 Å². The molecule has 1 aliphatic heterocycles. The second kappa shape index (κ2) is 8.57. The van der Waals surface area contributed by atoms with Crippen LogP contribution in [0, 0.1) is 10.1 Å². The lowest BCUT2D eigenvalue weighted by Gasteiger charge is -2.30. The Morgan fingerprint density at radius 1 is 1.46 bits per heavy atom. The summed E-state index contributed by atoms with van der Waals surface area (Å²) in [5, 5.41) is 13.8. The molecule has 0 atom stereocenters. The first kappa shape index (κ1) is 20.7. The van der Waals surface area contributed by atoms with Crippen molar-refractivity contribution in [2.24, 2.45) is 0 Å². The molecule has 0 fully saturated rings. The summed E-state index contributed by atoms with van der Waals surface area (Å²) in [5.74, 6) is -1.87. The van der Waals surface area contributed by atoms with Crippen LogP contribution in [0.5, 0.6) is 0 Å². The third kappa shape index (κ3) is 4.20. The zero-order valence-corrected chi connectivity index (χ0v) is 18.2. The van der Waals surface area contributed by atoms with Gasteiger partial charge in [0.1, 0.15) is 14.5 Å². The van der Waals surface area contributed by atoms with Gasteiger partial charge in [0.25, 0.3) is 5.91 Å². The molecule has 1 amide bonds. The summed E-state index contributed by atoms with van der Waals surface area (Å²) in [5.41, 5.74) is 1.24. The number of ether oxygens (including phenoxy) is 1. The van der Waals surface area contributed by atoms with Crippen LogP contribution in [0.1, 0.15) is 45.2 Å². The van der Waals surface area contributed by atoms with Crippen LogP contribution in [0.25, 0.3) is 0 Å². The molecule has 150 valence electrons. The highest BCUT2D eigenvalue weighted by molar-refractivity contribution is 14.1. The number of alkyl halides is 1. The minimum atomic E-state index is -0.718. The fraction of sp³-hybridized carbons (Fsp3) is 0.412. The van der Waals surface area contributed by atoms with E-state index in [1.54, 1.807) is 0 Å². The number of esters is 1. The van der Waals surface area contributed by atoms with Crippen molar-refractivity contribution in [1.29, 1.82) is 0 Å². The molecule has 0 radical (unpaired) electrons. The second-order valence-electron chi connectivity index (χ2n) is 6.41. The molecule has 0 aliphatic carbocycles. The molecule has 1 aliphatic rings. The number of fused-ring (bicyclic) bond motifs is 1. The van der Waals surface area contributed by atoms with Gasteiger partial charge in [-0.15, -0.1) is 11.3 Å². The van der Waals surface area contributed by atoms with Crippen molar-refractivity contribution in [1.82, 2.24) is 4.90 Å². The smallest absolute Gasteiger partial charge is 0.433 e. The molecule has 2 aromatic rings. The lowest BCUT2D eigenvalue weighted by atomic mass is 10.0. The largest absolute Gasteiger partial charge is 0.451 e. The monoisotopic (exact) mass is 519 g/mol. The maximum Gasteiger partial charge on any atom is 0.433 e. The summed E-state index contributed by atoms with van der Waals surface area (Å²) < 4.78 is 10.3. The normalized spacial score (nSPS) is 14.0. The third-order valence-electron chi connectivity index (χ3n) is 4.43. The number of hydrogen-bond acceptors (Lipinski definition) is 8. The summed E-state index contributed by atoms with van der Waals surface area (Å²) in [6.07, 6.45) is 0.678. The second-order valence-corrected chi connectivity index (χ2v) is 8.14. The predicted octanol–water partition coefficient (Wildman–Crippen LogP) is 3.82. The molecule has 1 N–H and O–H groups in total. The standard InChI is InChI=1S/C17H18IN3O6S/c1-9(2)20-6-5-10-12(7-20)28-16(14(10)17(23)26-8-18)19-15(22)11-3-4-13(27-11)21(24)25/h3-4,9H,5-8H2,1-2H3,(H,19,22). The molecule has 0 saturated carbocycles. The Morgan fingerprint density at radius 2 is 2.21 bits per heavy atom. The average molecular weight is 519 g/mol. The number of carbonyl (C=O) groups is 2. The van der Waals surface area contributed by atoms with Crippen molar-refractivity contribution < 1.29 is 23.7 Å². The first-order chi connectivity index (χ1) is 13.3. The highest BCUT2D eigenvalue weighted by Crippen LogP contribution is 2.38. The lowest BCUT2D eigenvalue weighted by molar-refractivity contribution is -0.402. The number of nitrogens with one attached hydrogen (secondary N) is 1. The van der Waals surface area contributed by atoms with E-state index in [0.717, 1.165) is 23.1 Å². The van der Waals surface area contributed by atoms with Crippen molar-refractivity contribution in [3.05, 3.63) is 44.0 Å². The Bertz CT molecular complexity index is 922. The zero-order chi connectivity index (χ0) is 20.4. The summed E-state index contributed by atoms with van der Waals surface area (Å²) in [6.45, 7) is 5.71. The van der Waals surface area contributed by atoms with E-state index in [-0.39, 0.29) is 10.4 Å². The minimum absolute atomic E-state index is 0.192. The molecule has 0 saturated heterocycles.